The molecular formula is C23H27N3O5. The maximum absolute atomic E-state index is 12.7. The van der Waals surface area contributed by atoms with E-state index in [2.05, 4.69) is 0 Å². The number of benzene rings is 1. The highest BCUT2D eigenvalue weighted by atomic mass is 16.5. The number of hydrogen-bond donors (Lipinski definition) is 0. The monoisotopic (exact) mass is 425 g/mol. The Bertz CT molecular complexity index is 1070. The van der Waals surface area contributed by atoms with Gasteiger partial charge in [0, 0.05) is 11.1 Å². The Morgan fingerprint density at radius 3 is 1.87 bits per heavy atom. The molecule has 2 aromatic heterocycles. The second-order valence-corrected chi connectivity index (χ2v) is 6.91. The molecule has 0 amide bonds. The third-order valence-electron chi connectivity index (χ3n) is 5.05. The average molecular weight is 425 g/mol. The summed E-state index contributed by atoms with van der Waals surface area (Å²) in [6.07, 6.45) is 0. The van der Waals surface area contributed by atoms with Crippen molar-refractivity contribution in [1.29, 1.82) is 0 Å². The quantitative estimate of drug-likeness (QED) is 0.533. The minimum Gasteiger partial charge on any atom is -0.480 e. The molecular weight excluding hydrogens is 398 g/mol. The van der Waals surface area contributed by atoms with Crippen LogP contribution in [0.4, 0.5) is 0 Å². The Balaban J connectivity index is 2.30. The molecule has 0 N–H and O–H groups in total. The van der Waals surface area contributed by atoms with Gasteiger partial charge in [-0.15, -0.1) is 9.89 Å². The molecule has 31 heavy (non-hydrogen) atoms. The van der Waals surface area contributed by atoms with E-state index in [4.69, 9.17) is 19.3 Å². The van der Waals surface area contributed by atoms with Gasteiger partial charge in [0.05, 0.1) is 42.8 Å². The summed E-state index contributed by atoms with van der Waals surface area (Å²) >= 11 is 0. The lowest BCUT2D eigenvalue weighted by molar-refractivity contribution is 0.0479. The number of aromatic nitrogens is 3. The van der Waals surface area contributed by atoms with Crippen LogP contribution in [0.3, 0.4) is 0 Å². The summed E-state index contributed by atoms with van der Waals surface area (Å²) in [5.74, 6) is -0.682. The number of hydrogen-bond acceptors (Lipinski definition) is 6. The van der Waals surface area contributed by atoms with Crippen molar-refractivity contribution in [2.24, 2.45) is 0 Å². The topological polar surface area (TPSA) is 84.6 Å². The van der Waals surface area contributed by atoms with Crippen LogP contribution in [0.5, 0.6) is 5.88 Å². The summed E-state index contributed by atoms with van der Waals surface area (Å²) < 4.78 is 17.8. The number of rotatable bonds is 7. The van der Waals surface area contributed by atoms with E-state index in [1.165, 1.54) is 0 Å². The summed E-state index contributed by atoms with van der Waals surface area (Å²) in [6.45, 7) is 9.19. The fraction of sp³-hybridized carbons (Fsp3) is 0.348. The zero-order chi connectivity index (χ0) is 22.7. The lowest BCUT2D eigenvalue weighted by atomic mass is 10.1. The Morgan fingerprint density at radius 1 is 0.903 bits per heavy atom. The van der Waals surface area contributed by atoms with Crippen LogP contribution < -0.4 is 4.74 Å². The largest absolute Gasteiger partial charge is 0.480 e. The first kappa shape index (κ1) is 22.1. The van der Waals surface area contributed by atoms with Gasteiger partial charge in [0.15, 0.2) is 0 Å². The predicted octanol–water partition coefficient (Wildman–Crippen LogP) is 3.95. The fourth-order valence-electron chi connectivity index (χ4n) is 3.72. The van der Waals surface area contributed by atoms with E-state index in [1.54, 1.807) is 44.3 Å². The second kappa shape index (κ2) is 9.07. The number of nitrogens with zero attached hydrogens (tertiary/aromatic N) is 3. The van der Waals surface area contributed by atoms with Gasteiger partial charge in [0.25, 0.3) is 0 Å². The van der Waals surface area contributed by atoms with Crippen LogP contribution in [-0.4, -0.2) is 46.8 Å². The molecule has 0 aliphatic carbocycles. The normalized spacial score (nSPS) is 10.8. The second-order valence-electron chi connectivity index (χ2n) is 6.91. The molecule has 0 saturated heterocycles. The predicted molar refractivity (Wildman–Crippen MR) is 116 cm³/mol. The van der Waals surface area contributed by atoms with Crippen LogP contribution in [0.15, 0.2) is 30.3 Å². The van der Waals surface area contributed by atoms with Crippen molar-refractivity contribution in [1.82, 2.24) is 14.6 Å². The van der Waals surface area contributed by atoms with Crippen LogP contribution in [0.25, 0.3) is 11.3 Å². The van der Waals surface area contributed by atoms with E-state index in [1.807, 2.05) is 37.3 Å². The highest BCUT2D eigenvalue weighted by Gasteiger charge is 2.32. The Kier molecular flexibility index (Phi) is 6.48. The van der Waals surface area contributed by atoms with E-state index in [0.29, 0.717) is 17.3 Å². The number of carbonyl (C=O) groups excluding carboxylic acids is 2. The molecule has 0 fully saturated rings. The van der Waals surface area contributed by atoms with Crippen molar-refractivity contribution in [3.63, 3.8) is 0 Å². The molecule has 164 valence electrons. The van der Waals surface area contributed by atoms with E-state index >= 15 is 0 Å². The number of methoxy groups -OCH3 is 1. The Labute approximate surface area is 181 Å². The first-order valence-electron chi connectivity index (χ1n) is 10.1. The van der Waals surface area contributed by atoms with Crippen molar-refractivity contribution in [2.75, 3.05) is 20.3 Å². The van der Waals surface area contributed by atoms with Gasteiger partial charge in [-0.3, -0.25) is 0 Å². The van der Waals surface area contributed by atoms with Crippen LogP contribution in [0.2, 0.25) is 0 Å². The van der Waals surface area contributed by atoms with Crippen molar-refractivity contribution in [2.45, 2.75) is 34.6 Å². The SMILES string of the molecule is CCOC(=O)c1c(C(=O)OCC)c(C)n(-n2nc(-c3ccccc3)c(C)c2OC)c1C. The van der Waals surface area contributed by atoms with E-state index < -0.39 is 11.9 Å². The Morgan fingerprint density at radius 2 is 1.42 bits per heavy atom. The molecule has 3 rings (SSSR count). The average Bonchev–Trinajstić information content (AvgIpc) is 3.21. The zero-order valence-electron chi connectivity index (χ0n) is 18.7. The third-order valence-corrected chi connectivity index (χ3v) is 5.05. The van der Waals surface area contributed by atoms with Crippen molar-refractivity contribution < 1.29 is 23.8 Å². The number of carbonyl (C=O) groups is 2. The molecule has 2 heterocycles. The molecule has 8 nitrogen and oxygen atoms in total. The number of ether oxygens (including phenoxy) is 3. The van der Waals surface area contributed by atoms with Crippen LogP contribution >= 0.6 is 0 Å². The summed E-state index contributed by atoms with van der Waals surface area (Å²) in [4.78, 5) is 27.0. The van der Waals surface area contributed by atoms with Crippen molar-refractivity contribution >= 4 is 11.9 Å². The minimum absolute atomic E-state index is 0.161. The van der Waals surface area contributed by atoms with Gasteiger partial charge in [0.1, 0.15) is 5.69 Å². The minimum atomic E-state index is -0.587. The smallest absolute Gasteiger partial charge is 0.340 e. The molecule has 0 unspecified atom stereocenters. The van der Waals surface area contributed by atoms with Gasteiger partial charge in [-0.2, -0.15) is 0 Å². The maximum Gasteiger partial charge on any atom is 0.340 e. The Hall–Kier alpha value is -3.55. The maximum atomic E-state index is 12.7. The van der Waals surface area contributed by atoms with E-state index in [-0.39, 0.29) is 24.3 Å². The van der Waals surface area contributed by atoms with Crippen molar-refractivity contribution in [3.05, 3.63) is 58.4 Å². The molecule has 1 aromatic carbocycles. The standard InChI is InChI=1S/C23H27N3O5/c1-7-30-22(27)18-15(4)25(16(5)19(18)23(28)31-8-2)26-21(29-6)14(3)20(24-26)17-12-10-9-11-13-17/h9-13H,7-8H2,1-6H3. The van der Waals surface area contributed by atoms with Crippen LogP contribution in [0.1, 0.15) is 51.5 Å². The van der Waals surface area contributed by atoms with Gasteiger partial charge < -0.3 is 14.2 Å². The highest BCUT2D eigenvalue weighted by molar-refractivity contribution is 6.05. The third kappa shape index (κ3) is 3.81. The van der Waals surface area contributed by atoms with Gasteiger partial charge in [-0.1, -0.05) is 30.3 Å². The molecule has 0 saturated carbocycles. The molecule has 0 atom stereocenters. The molecule has 3 aromatic rings. The highest BCUT2D eigenvalue weighted by Crippen LogP contribution is 2.32. The first-order chi connectivity index (χ1) is 14.9. The van der Waals surface area contributed by atoms with Gasteiger partial charge >= 0.3 is 11.9 Å². The fourth-order valence-corrected chi connectivity index (χ4v) is 3.72. The van der Waals surface area contributed by atoms with Gasteiger partial charge in [0.2, 0.25) is 5.88 Å². The molecule has 0 aliphatic rings. The van der Waals surface area contributed by atoms with Crippen LogP contribution in [0, 0.1) is 20.8 Å². The summed E-state index contributed by atoms with van der Waals surface area (Å²) in [7, 11) is 1.56. The lowest BCUT2D eigenvalue weighted by Gasteiger charge is -2.12. The van der Waals surface area contributed by atoms with Gasteiger partial charge in [-0.05, 0) is 34.6 Å². The molecule has 0 spiro atoms. The summed E-state index contributed by atoms with van der Waals surface area (Å²) in [5.41, 5.74) is 3.81. The molecule has 0 radical (unpaired) electrons. The van der Waals surface area contributed by atoms with E-state index in [9.17, 15) is 9.59 Å². The number of esters is 2. The zero-order valence-corrected chi connectivity index (χ0v) is 18.7. The summed E-state index contributed by atoms with van der Waals surface area (Å²) in [6, 6.07) is 9.73. The van der Waals surface area contributed by atoms with Gasteiger partial charge in [-0.25, -0.2) is 14.3 Å². The van der Waals surface area contributed by atoms with E-state index in [0.717, 1.165) is 16.8 Å². The molecule has 8 heteroatoms. The first-order valence-corrected chi connectivity index (χ1v) is 10.1. The summed E-state index contributed by atoms with van der Waals surface area (Å²) in [5, 5.41) is 4.76. The molecule has 0 aliphatic heterocycles. The lowest BCUT2D eigenvalue weighted by Crippen LogP contribution is -2.17. The molecule has 0 bridgehead atoms. The van der Waals surface area contributed by atoms with Crippen molar-refractivity contribution in [3.8, 4) is 17.1 Å². The van der Waals surface area contributed by atoms with Crippen LogP contribution in [-0.2, 0) is 9.47 Å².